The predicted octanol–water partition coefficient (Wildman–Crippen LogP) is 9.98. The molecule has 8 aromatic rings. The summed E-state index contributed by atoms with van der Waals surface area (Å²) < 4.78 is 39.7. The number of nitrogens with one attached hydrogen (secondary N) is 1. The average Bonchev–Trinajstić information content (AvgIpc) is 4.17. The summed E-state index contributed by atoms with van der Waals surface area (Å²) in [4.78, 5) is 28.2. The van der Waals surface area contributed by atoms with E-state index in [1.165, 1.54) is 12.7 Å². The van der Waals surface area contributed by atoms with Gasteiger partial charge in [-0.2, -0.15) is 0 Å². The van der Waals surface area contributed by atoms with Crippen molar-refractivity contribution >= 4 is 67.1 Å². The molecule has 4 aliphatic carbocycles. The molecular weight excluding hydrogens is 920 g/mol. The lowest BCUT2D eigenvalue weighted by Crippen LogP contribution is -2.50. The minimum absolute atomic E-state index is 0.0102. The van der Waals surface area contributed by atoms with Gasteiger partial charge in [-0.1, -0.05) is 35.3 Å². The second kappa shape index (κ2) is 16.8. The largest absolute Gasteiger partial charge is 0.490 e. The Morgan fingerprint density at radius 2 is 1.19 bits per heavy atom. The Kier molecular flexibility index (Phi) is 10.9. The lowest BCUT2D eigenvalue weighted by molar-refractivity contribution is -0.190. The molecular formula is C52H52Cl2N8O7. The molecule has 0 unspecified atom stereocenters. The second-order valence-corrected chi connectivity index (χ2v) is 21.1. The molecule has 2 aliphatic heterocycles. The van der Waals surface area contributed by atoms with Crippen LogP contribution in [0.3, 0.4) is 0 Å². The van der Waals surface area contributed by atoms with Gasteiger partial charge in [-0.25, -0.2) is 19.9 Å². The van der Waals surface area contributed by atoms with Crippen molar-refractivity contribution in [2.24, 2.45) is 10.8 Å². The molecule has 17 heteroatoms. The number of pyridine rings is 2. The fraction of sp³-hybridized carbons (Fsp3) is 0.423. The molecule has 2 N–H and O–H groups in total. The van der Waals surface area contributed by atoms with E-state index in [9.17, 15) is 5.11 Å². The van der Waals surface area contributed by atoms with E-state index < -0.39 is 17.7 Å². The summed E-state index contributed by atoms with van der Waals surface area (Å²) in [5.41, 5.74) is 3.50. The Balaban J connectivity index is 0.000000122. The Morgan fingerprint density at radius 1 is 0.623 bits per heavy atom. The highest BCUT2D eigenvalue weighted by atomic mass is 35.5. The van der Waals surface area contributed by atoms with Gasteiger partial charge in [0.05, 0.1) is 58.4 Å². The number of benzene rings is 2. The molecule has 14 rings (SSSR count). The Bertz CT molecular complexity index is 3210. The number of hydrogen-bond donors (Lipinski definition) is 2. The Labute approximate surface area is 407 Å². The van der Waals surface area contributed by atoms with Crippen LogP contribution in [0.2, 0.25) is 10.3 Å². The van der Waals surface area contributed by atoms with E-state index in [2.05, 4.69) is 57.8 Å². The van der Waals surface area contributed by atoms with Gasteiger partial charge in [-0.05, 0) is 115 Å². The number of halogens is 2. The number of aliphatic hydroxyl groups is 1. The minimum Gasteiger partial charge on any atom is -0.490 e. The maximum absolute atomic E-state index is 10.4. The molecule has 6 aliphatic rings. The van der Waals surface area contributed by atoms with Crippen molar-refractivity contribution in [1.82, 2.24) is 39.5 Å². The lowest BCUT2D eigenvalue weighted by Gasteiger charge is -2.48. The molecule has 2 aromatic carbocycles. The fourth-order valence-electron chi connectivity index (χ4n) is 12.0. The first kappa shape index (κ1) is 44.7. The first-order valence-corrected chi connectivity index (χ1v) is 24.3. The van der Waals surface area contributed by atoms with Crippen LogP contribution in [0.4, 0.5) is 0 Å². The van der Waals surface area contributed by atoms with Gasteiger partial charge >= 0.3 is 0 Å². The van der Waals surface area contributed by atoms with Crippen LogP contribution in [0.25, 0.3) is 43.9 Å². The molecule has 15 nitrogen and oxygen atoms in total. The van der Waals surface area contributed by atoms with Crippen LogP contribution >= 0.6 is 23.2 Å². The number of rotatable bonds is 5. The van der Waals surface area contributed by atoms with Crippen molar-refractivity contribution < 1.29 is 33.5 Å². The molecule has 356 valence electrons. The lowest BCUT2D eigenvalue weighted by atomic mass is 9.64. The summed E-state index contributed by atoms with van der Waals surface area (Å²) in [6.45, 7) is 7.83. The maximum Gasteiger partial charge on any atom is 0.163 e. The first-order valence-electron chi connectivity index (χ1n) is 23.6. The van der Waals surface area contributed by atoms with Gasteiger partial charge in [0, 0.05) is 58.5 Å². The van der Waals surface area contributed by atoms with Gasteiger partial charge in [0.1, 0.15) is 58.0 Å². The molecule has 2 saturated heterocycles. The predicted molar refractivity (Wildman–Crippen MR) is 259 cm³/mol. The van der Waals surface area contributed by atoms with Crippen molar-refractivity contribution in [3.8, 4) is 11.5 Å². The first-order chi connectivity index (χ1) is 33.2. The Hall–Kier alpha value is -5.52. The number of aromatic nitrogens is 8. The van der Waals surface area contributed by atoms with Crippen molar-refractivity contribution in [3.63, 3.8) is 0 Å². The molecule has 2 spiro atoms. The van der Waals surface area contributed by atoms with E-state index >= 15 is 0 Å². The van der Waals surface area contributed by atoms with Crippen molar-refractivity contribution in [2.45, 2.75) is 127 Å². The van der Waals surface area contributed by atoms with E-state index in [4.69, 9.17) is 51.6 Å². The van der Waals surface area contributed by atoms with Crippen LogP contribution in [0.15, 0.2) is 110 Å². The SMILES string of the molecule is CC1(C)O[C@H]2[C@@H](O)CC3(CC(Oc4ccc5cccnc5c4)C3)[C@H]2O1.CC1(C)O[C@H]2[C@H](n3ccc4c(Cl)ncnc43)CC3(CC(Oc4ccc5cccnc5c4)C3)[C@H]2O1.Clc1ncnc2[nH]ccc12. The van der Waals surface area contributed by atoms with Gasteiger partial charge in [-0.15, -0.1) is 0 Å². The van der Waals surface area contributed by atoms with E-state index in [0.29, 0.717) is 10.3 Å². The van der Waals surface area contributed by atoms with Gasteiger partial charge in [0.25, 0.3) is 0 Å². The number of fused-ring (bicyclic) bond motifs is 8. The highest BCUT2D eigenvalue weighted by molar-refractivity contribution is 6.34. The van der Waals surface area contributed by atoms with Crippen LogP contribution < -0.4 is 9.47 Å². The summed E-state index contributed by atoms with van der Waals surface area (Å²) in [5, 5.41) is 15.3. The van der Waals surface area contributed by atoms with Crippen molar-refractivity contribution in [1.29, 1.82) is 0 Å². The van der Waals surface area contributed by atoms with Crippen molar-refractivity contribution in [2.75, 3.05) is 0 Å². The molecule has 69 heavy (non-hydrogen) atoms. The summed E-state index contributed by atoms with van der Waals surface area (Å²) in [6.07, 6.45) is 15.3. The van der Waals surface area contributed by atoms with E-state index in [-0.39, 0.29) is 53.5 Å². The number of aliphatic hydroxyl groups excluding tert-OH is 1. The third kappa shape index (κ3) is 8.15. The second-order valence-electron chi connectivity index (χ2n) is 20.4. The molecule has 6 aromatic heterocycles. The van der Waals surface area contributed by atoms with Crippen LogP contribution in [0.1, 0.15) is 72.3 Å². The summed E-state index contributed by atoms with van der Waals surface area (Å²) in [7, 11) is 0. The highest BCUT2D eigenvalue weighted by Gasteiger charge is 2.67. The van der Waals surface area contributed by atoms with Crippen molar-refractivity contribution in [3.05, 3.63) is 121 Å². The van der Waals surface area contributed by atoms with E-state index in [1.807, 2.05) is 94.6 Å². The van der Waals surface area contributed by atoms with Crippen LogP contribution in [-0.2, 0) is 18.9 Å². The van der Waals surface area contributed by atoms with Gasteiger partial charge in [-0.3, -0.25) is 9.97 Å². The molecule has 6 atom stereocenters. The highest BCUT2D eigenvalue weighted by Crippen LogP contribution is 2.63. The molecule has 0 amide bonds. The van der Waals surface area contributed by atoms with Gasteiger partial charge in [0.2, 0.25) is 0 Å². The Morgan fingerprint density at radius 3 is 1.81 bits per heavy atom. The standard InChI is InChI=1S/C26H25ClN4O3.C20H23NO4.C6H4ClN3/c1-25(2)33-21-20(31-9-7-18-23(27)29-14-30-24(18)31)13-26(22(21)34-25)11-17(12-26)32-16-6-5-15-4-3-8-28-19(15)10-16;1-19(2)24-17-16(22)11-20(18(17)25-19)9-14(10-20)23-13-6-5-12-4-3-7-21-15(12)8-13;7-5-4-1-2-8-6(4)10-3-9-5/h3-10,14,17,20-22H,11-13H2,1-2H3;3-8,14,16-18,22H,9-11H2,1-2H3;1-3H,(H,8,9,10)/t17?,20-,21+,22+,26?;14?,16-,17-,18-,20?;/m10./s1. The zero-order valence-electron chi connectivity index (χ0n) is 38.5. The van der Waals surface area contributed by atoms with Crippen LogP contribution in [0.5, 0.6) is 11.5 Å². The van der Waals surface area contributed by atoms with E-state index in [0.717, 1.165) is 93.9 Å². The normalized spacial score (nSPS) is 31.2. The number of aromatic amines is 1. The minimum atomic E-state index is -0.619. The molecule has 0 bridgehead atoms. The monoisotopic (exact) mass is 970 g/mol. The van der Waals surface area contributed by atoms with Crippen LogP contribution in [0, 0.1) is 10.8 Å². The zero-order valence-corrected chi connectivity index (χ0v) is 40.0. The number of nitrogens with zero attached hydrogens (tertiary/aromatic N) is 7. The molecule has 4 saturated carbocycles. The third-order valence-electron chi connectivity index (χ3n) is 14.9. The molecule has 6 fully saturated rings. The smallest absolute Gasteiger partial charge is 0.163 e. The summed E-state index contributed by atoms with van der Waals surface area (Å²) in [6, 6.07) is 24.1. The average molecular weight is 972 g/mol. The summed E-state index contributed by atoms with van der Waals surface area (Å²) >= 11 is 12.0. The number of H-pyrrole nitrogens is 1. The summed E-state index contributed by atoms with van der Waals surface area (Å²) in [5.74, 6) is 0.487. The number of hydrogen-bond acceptors (Lipinski definition) is 13. The zero-order chi connectivity index (χ0) is 47.3. The number of ether oxygens (including phenoxy) is 6. The quantitative estimate of drug-likeness (QED) is 0.156. The third-order valence-corrected chi connectivity index (χ3v) is 15.5. The van der Waals surface area contributed by atoms with E-state index in [1.54, 1.807) is 12.4 Å². The molecule has 0 radical (unpaired) electrons. The topological polar surface area (TPSA) is 174 Å². The van der Waals surface area contributed by atoms with Gasteiger partial charge < -0.3 is 43.1 Å². The maximum atomic E-state index is 10.4. The molecule has 8 heterocycles. The van der Waals surface area contributed by atoms with Crippen LogP contribution in [-0.4, -0.2) is 98.9 Å². The van der Waals surface area contributed by atoms with Gasteiger partial charge in [0.15, 0.2) is 11.6 Å². The fourth-order valence-corrected chi connectivity index (χ4v) is 12.4.